The van der Waals surface area contributed by atoms with Crippen molar-refractivity contribution in [1.29, 1.82) is 0 Å². The molecule has 0 aliphatic heterocycles. The molecule has 0 saturated heterocycles. The Balaban J connectivity index is 1.78. The highest BCUT2D eigenvalue weighted by Gasteiger charge is 2.11. The smallest absolute Gasteiger partial charge is 0.186 e. The molecule has 3 rings (SSSR count). The molecule has 0 unspecified atom stereocenters. The van der Waals surface area contributed by atoms with Gasteiger partial charge in [0.2, 0.25) is 0 Å². The highest BCUT2D eigenvalue weighted by Crippen LogP contribution is 2.29. The molecule has 0 aromatic heterocycles. The van der Waals surface area contributed by atoms with Crippen LogP contribution in [0.1, 0.15) is 47.7 Å². The van der Waals surface area contributed by atoms with E-state index in [2.05, 4.69) is 57.1 Å². The van der Waals surface area contributed by atoms with Crippen molar-refractivity contribution in [2.75, 3.05) is 27.2 Å². The van der Waals surface area contributed by atoms with Crippen LogP contribution in [0.25, 0.3) is 16.8 Å². The van der Waals surface area contributed by atoms with Gasteiger partial charge in [-0.15, -0.1) is 0 Å². The van der Waals surface area contributed by atoms with Gasteiger partial charge in [0.15, 0.2) is 5.78 Å². The summed E-state index contributed by atoms with van der Waals surface area (Å²) in [6, 6.07) is 20.1. The second-order valence-corrected chi connectivity index (χ2v) is 8.18. The average Bonchev–Trinajstić information content (AvgIpc) is 2.75. The summed E-state index contributed by atoms with van der Waals surface area (Å²) in [6.07, 6.45) is 4.50. The number of nitrogens with zero attached hydrogens (tertiary/aromatic N) is 1. The molecule has 0 aliphatic carbocycles. The predicted octanol–water partition coefficient (Wildman–Crippen LogP) is 6.19. The first kappa shape index (κ1) is 21.8. The number of carbonyl (C=O) groups is 1. The second-order valence-electron chi connectivity index (χ2n) is 8.18. The third-order valence-corrected chi connectivity index (χ3v) is 5.19. The molecule has 0 atom stereocenters. The zero-order chi connectivity index (χ0) is 21.5. The predicted molar refractivity (Wildman–Crippen MR) is 127 cm³/mol. The maximum absolute atomic E-state index is 12.9. The molecule has 156 valence electrons. The molecule has 3 aromatic rings. The van der Waals surface area contributed by atoms with Gasteiger partial charge in [0, 0.05) is 17.5 Å². The first-order valence-corrected chi connectivity index (χ1v) is 10.6. The molecule has 3 aromatic carbocycles. The van der Waals surface area contributed by atoms with Gasteiger partial charge in [0.1, 0.15) is 5.75 Å². The Bertz CT molecular complexity index is 1020. The van der Waals surface area contributed by atoms with Crippen LogP contribution >= 0.6 is 0 Å². The van der Waals surface area contributed by atoms with Crippen LogP contribution in [0.4, 0.5) is 0 Å². The number of hydrogen-bond acceptors (Lipinski definition) is 3. The number of ether oxygens (including phenoxy) is 1. The van der Waals surface area contributed by atoms with Gasteiger partial charge in [-0.2, -0.15) is 0 Å². The van der Waals surface area contributed by atoms with Crippen molar-refractivity contribution in [3.8, 4) is 5.75 Å². The number of allylic oxidation sites excluding steroid dienone is 1. The molecule has 0 fully saturated rings. The Morgan fingerprint density at radius 1 is 0.967 bits per heavy atom. The zero-order valence-electron chi connectivity index (χ0n) is 18.4. The molecule has 30 heavy (non-hydrogen) atoms. The van der Waals surface area contributed by atoms with E-state index in [1.807, 2.05) is 42.5 Å². The molecule has 0 saturated carbocycles. The topological polar surface area (TPSA) is 29.5 Å². The van der Waals surface area contributed by atoms with Crippen LogP contribution in [-0.4, -0.2) is 37.9 Å². The van der Waals surface area contributed by atoms with Crippen molar-refractivity contribution in [1.82, 2.24) is 4.90 Å². The summed E-state index contributed by atoms with van der Waals surface area (Å²) in [4.78, 5) is 15.1. The van der Waals surface area contributed by atoms with Crippen molar-refractivity contribution in [2.45, 2.75) is 26.2 Å². The van der Waals surface area contributed by atoms with Gasteiger partial charge in [-0.3, -0.25) is 4.79 Å². The highest BCUT2D eigenvalue weighted by atomic mass is 16.5. The van der Waals surface area contributed by atoms with Gasteiger partial charge < -0.3 is 9.64 Å². The van der Waals surface area contributed by atoms with E-state index in [9.17, 15) is 4.79 Å². The minimum Gasteiger partial charge on any atom is -0.493 e. The quantitative estimate of drug-likeness (QED) is 0.243. The molecule has 0 radical (unpaired) electrons. The van der Waals surface area contributed by atoms with Crippen molar-refractivity contribution >= 4 is 22.6 Å². The monoisotopic (exact) mass is 401 g/mol. The van der Waals surface area contributed by atoms with E-state index < -0.39 is 0 Å². The summed E-state index contributed by atoms with van der Waals surface area (Å²) in [7, 11) is 4.12. The summed E-state index contributed by atoms with van der Waals surface area (Å²) < 4.78 is 6.01. The van der Waals surface area contributed by atoms with Crippen LogP contribution < -0.4 is 4.74 Å². The van der Waals surface area contributed by atoms with Crippen LogP contribution in [0.3, 0.4) is 0 Å². The van der Waals surface area contributed by atoms with Gasteiger partial charge in [0.05, 0.1) is 6.61 Å². The Morgan fingerprint density at radius 3 is 2.33 bits per heavy atom. The van der Waals surface area contributed by atoms with E-state index in [4.69, 9.17) is 4.74 Å². The summed E-state index contributed by atoms with van der Waals surface area (Å²) in [6.45, 7) is 5.99. The van der Waals surface area contributed by atoms with Gasteiger partial charge in [-0.05, 0) is 61.2 Å². The molecule has 0 bridgehead atoms. The Kier molecular flexibility index (Phi) is 7.42. The number of benzene rings is 3. The second kappa shape index (κ2) is 10.2. The number of ketones is 1. The Morgan fingerprint density at radius 2 is 1.67 bits per heavy atom. The third kappa shape index (κ3) is 5.58. The summed E-state index contributed by atoms with van der Waals surface area (Å²) in [5.74, 6) is 1.33. The molecular formula is C27H31NO2. The zero-order valence-corrected chi connectivity index (χ0v) is 18.4. The molecule has 0 heterocycles. The van der Waals surface area contributed by atoms with Crippen molar-refractivity contribution < 1.29 is 9.53 Å². The summed E-state index contributed by atoms with van der Waals surface area (Å²) >= 11 is 0. The fourth-order valence-corrected chi connectivity index (χ4v) is 3.43. The van der Waals surface area contributed by atoms with Gasteiger partial charge in [0.25, 0.3) is 0 Å². The number of rotatable bonds is 9. The minimum absolute atomic E-state index is 0.00158. The van der Waals surface area contributed by atoms with E-state index in [-0.39, 0.29) is 5.78 Å². The average molecular weight is 402 g/mol. The van der Waals surface area contributed by atoms with Crippen LogP contribution in [-0.2, 0) is 0 Å². The lowest BCUT2D eigenvalue weighted by molar-refractivity contribution is 0.104. The lowest BCUT2D eigenvalue weighted by atomic mass is 9.99. The summed E-state index contributed by atoms with van der Waals surface area (Å²) in [5.41, 5.74) is 3.02. The Hall–Kier alpha value is -2.91. The number of carbonyl (C=O) groups excluding carboxylic acids is 1. The van der Waals surface area contributed by atoms with E-state index >= 15 is 0 Å². The van der Waals surface area contributed by atoms with E-state index in [1.54, 1.807) is 6.08 Å². The molecule has 0 aliphatic rings. The van der Waals surface area contributed by atoms with Gasteiger partial charge in [-0.25, -0.2) is 0 Å². The lowest BCUT2D eigenvalue weighted by Gasteiger charge is -2.13. The molecular weight excluding hydrogens is 370 g/mol. The van der Waals surface area contributed by atoms with Crippen molar-refractivity contribution in [3.63, 3.8) is 0 Å². The normalized spacial score (nSPS) is 11.7. The maximum Gasteiger partial charge on any atom is 0.186 e. The van der Waals surface area contributed by atoms with Gasteiger partial charge >= 0.3 is 0 Å². The highest BCUT2D eigenvalue weighted by molar-refractivity contribution is 6.15. The SMILES string of the molecule is CC(C)c1ccc(/C=C/C(=O)c2ccc(OCCCN(C)C)c3ccccc23)cc1. The third-order valence-electron chi connectivity index (χ3n) is 5.19. The standard InChI is InChI=1S/C27H31NO2/c1-20(2)22-13-10-21(11-14-22)12-16-26(29)24-15-17-27(30-19-7-18-28(3)4)25-9-6-5-8-23(24)25/h5-6,8-17,20H,7,18-19H2,1-4H3/b16-12+. The Labute approximate surface area is 180 Å². The fourth-order valence-electron chi connectivity index (χ4n) is 3.43. The first-order valence-electron chi connectivity index (χ1n) is 10.6. The van der Waals surface area contributed by atoms with E-state index in [0.29, 0.717) is 18.1 Å². The fraction of sp³-hybridized carbons (Fsp3) is 0.296. The molecule has 0 N–H and O–H groups in total. The molecule has 3 nitrogen and oxygen atoms in total. The van der Waals surface area contributed by atoms with Crippen LogP contribution in [0, 0.1) is 0 Å². The van der Waals surface area contributed by atoms with Crippen LogP contribution in [0.15, 0.2) is 66.7 Å². The number of hydrogen-bond donors (Lipinski definition) is 0. The largest absolute Gasteiger partial charge is 0.493 e. The maximum atomic E-state index is 12.9. The van der Waals surface area contributed by atoms with Crippen LogP contribution in [0.2, 0.25) is 0 Å². The van der Waals surface area contributed by atoms with E-state index in [0.717, 1.165) is 35.1 Å². The first-order chi connectivity index (χ1) is 14.5. The van der Waals surface area contributed by atoms with Crippen LogP contribution in [0.5, 0.6) is 5.75 Å². The minimum atomic E-state index is -0.00158. The van der Waals surface area contributed by atoms with Crippen molar-refractivity contribution in [2.24, 2.45) is 0 Å². The molecule has 3 heteroatoms. The molecule has 0 spiro atoms. The lowest BCUT2D eigenvalue weighted by Crippen LogP contribution is -2.15. The summed E-state index contributed by atoms with van der Waals surface area (Å²) in [5, 5.41) is 1.90. The number of fused-ring (bicyclic) bond motifs is 1. The van der Waals surface area contributed by atoms with E-state index in [1.165, 1.54) is 5.56 Å². The molecule has 0 amide bonds. The van der Waals surface area contributed by atoms with Gasteiger partial charge in [-0.1, -0.05) is 68.5 Å². The van der Waals surface area contributed by atoms with Crippen molar-refractivity contribution in [3.05, 3.63) is 83.4 Å².